The van der Waals surface area contributed by atoms with Crippen molar-refractivity contribution in [3.8, 4) is 11.4 Å². The number of benzene rings is 1. The third-order valence-electron chi connectivity index (χ3n) is 5.98. The summed E-state index contributed by atoms with van der Waals surface area (Å²) in [5, 5.41) is 8.53. The number of piperidine rings is 1. The smallest absolute Gasteiger partial charge is 0.119 e. The highest BCUT2D eigenvalue weighted by molar-refractivity contribution is 5.37. The Balaban J connectivity index is 1.17. The molecule has 5 rings (SSSR count). The van der Waals surface area contributed by atoms with Crippen LogP contribution in [0.2, 0.25) is 0 Å². The Hall–Kier alpha value is -1.88. The lowest BCUT2D eigenvalue weighted by molar-refractivity contribution is 0.0493. The van der Waals surface area contributed by atoms with Crippen molar-refractivity contribution in [2.75, 3.05) is 13.1 Å². The average Bonchev–Trinajstić information content (AvgIpc) is 3.33. The standard InChI is InChI=1S/C20H26N4O/c1-2-16(3-1)23-12-10-19(11-13-23)25-18-8-6-17(7-9-18)24-14-20(21-22-24)15-4-5-15/h6-9,14-16,19H,1-5,10-13H2. The highest BCUT2D eigenvalue weighted by atomic mass is 16.5. The molecular formula is C20H26N4O. The first-order chi connectivity index (χ1) is 12.3. The Labute approximate surface area is 149 Å². The van der Waals surface area contributed by atoms with Gasteiger partial charge < -0.3 is 9.64 Å². The second kappa shape index (κ2) is 6.45. The molecule has 2 aromatic rings. The van der Waals surface area contributed by atoms with Gasteiger partial charge in [0, 0.05) is 25.0 Å². The summed E-state index contributed by atoms with van der Waals surface area (Å²) in [7, 11) is 0. The van der Waals surface area contributed by atoms with Crippen molar-refractivity contribution < 1.29 is 4.74 Å². The maximum Gasteiger partial charge on any atom is 0.119 e. The van der Waals surface area contributed by atoms with Crippen molar-refractivity contribution in [2.45, 2.75) is 63.0 Å². The van der Waals surface area contributed by atoms with Gasteiger partial charge in [0.25, 0.3) is 0 Å². The molecule has 0 amide bonds. The van der Waals surface area contributed by atoms with E-state index in [1.165, 1.54) is 45.2 Å². The molecule has 0 spiro atoms. The third kappa shape index (κ3) is 3.30. The fourth-order valence-electron chi connectivity index (χ4n) is 3.95. The zero-order valence-corrected chi connectivity index (χ0v) is 14.7. The van der Waals surface area contributed by atoms with E-state index in [2.05, 4.69) is 45.7 Å². The summed E-state index contributed by atoms with van der Waals surface area (Å²) < 4.78 is 8.08. The molecule has 132 valence electrons. The molecule has 0 unspecified atom stereocenters. The monoisotopic (exact) mass is 338 g/mol. The van der Waals surface area contributed by atoms with Gasteiger partial charge in [0.1, 0.15) is 11.9 Å². The van der Waals surface area contributed by atoms with Crippen molar-refractivity contribution in [2.24, 2.45) is 0 Å². The first kappa shape index (κ1) is 15.4. The first-order valence-corrected chi connectivity index (χ1v) is 9.78. The maximum atomic E-state index is 6.21. The first-order valence-electron chi connectivity index (χ1n) is 9.78. The van der Waals surface area contributed by atoms with Crippen LogP contribution in [0.3, 0.4) is 0 Å². The summed E-state index contributed by atoms with van der Waals surface area (Å²) in [6.07, 6.45) is 11.4. The molecule has 2 heterocycles. The number of hydrogen-bond acceptors (Lipinski definition) is 4. The molecule has 2 aliphatic carbocycles. The average molecular weight is 338 g/mol. The van der Waals surface area contributed by atoms with Crippen molar-refractivity contribution in [3.05, 3.63) is 36.2 Å². The van der Waals surface area contributed by atoms with Gasteiger partial charge in [0.15, 0.2) is 0 Å². The van der Waals surface area contributed by atoms with E-state index in [1.54, 1.807) is 0 Å². The molecule has 1 aromatic heterocycles. The van der Waals surface area contributed by atoms with Crippen LogP contribution in [-0.2, 0) is 0 Å². The Morgan fingerprint density at radius 1 is 0.920 bits per heavy atom. The lowest BCUT2D eigenvalue weighted by Crippen LogP contribution is -2.46. The van der Waals surface area contributed by atoms with Crippen LogP contribution in [0.4, 0.5) is 0 Å². The normalized spacial score (nSPS) is 22.7. The minimum atomic E-state index is 0.356. The van der Waals surface area contributed by atoms with Crippen molar-refractivity contribution >= 4 is 0 Å². The molecule has 5 nitrogen and oxygen atoms in total. The number of ether oxygens (including phenoxy) is 1. The zero-order valence-electron chi connectivity index (χ0n) is 14.7. The number of likely N-dealkylation sites (tertiary alicyclic amines) is 1. The molecule has 1 aromatic carbocycles. The molecule has 0 N–H and O–H groups in total. The van der Waals surface area contributed by atoms with Crippen LogP contribution in [-0.4, -0.2) is 45.1 Å². The van der Waals surface area contributed by atoms with E-state index in [9.17, 15) is 0 Å². The van der Waals surface area contributed by atoms with E-state index in [1.807, 2.05) is 4.68 Å². The van der Waals surface area contributed by atoms with E-state index in [4.69, 9.17) is 4.74 Å². The van der Waals surface area contributed by atoms with Crippen LogP contribution in [0, 0.1) is 0 Å². The summed E-state index contributed by atoms with van der Waals surface area (Å²) >= 11 is 0. The van der Waals surface area contributed by atoms with Gasteiger partial charge in [-0.25, -0.2) is 4.68 Å². The van der Waals surface area contributed by atoms with Crippen molar-refractivity contribution in [3.63, 3.8) is 0 Å². The van der Waals surface area contributed by atoms with Crippen LogP contribution in [0.5, 0.6) is 5.75 Å². The van der Waals surface area contributed by atoms with Gasteiger partial charge in [0.05, 0.1) is 17.6 Å². The largest absolute Gasteiger partial charge is 0.490 e. The van der Waals surface area contributed by atoms with Gasteiger partial charge in [0.2, 0.25) is 0 Å². The lowest BCUT2D eigenvalue weighted by atomic mass is 9.90. The number of aromatic nitrogens is 3. The second-order valence-electron chi connectivity index (χ2n) is 7.79. The second-order valence-corrected chi connectivity index (χ2v) is 7.79. The highest BCUT2D eigenvalue weighted by Crippen LogP contribution is 2.38. The molecule has 5 heteroatoms. The van der Waals surface area contributed by atoms with Gasteiger partial charge in [-0.1, -0.05) is 11.6 Å². The van der Waals surface area contributed by atoms with Crippen molar-refractivity contribution in [1.82, 2.24) is 19.9 Å². The summed E-state index contributed by atoms with van der Waals surface area (Å²) in [5.41, 5.74) is 2.17. The van der Waals surface area contributed by atoms with Gasteiger partial charge in [-0.2, -0.15) is 0 Å². The fraction of sp³-hybridized carbons (Fsp3) is 0.600. The predicted molar refractivity (Wildman–Crippen MR) is 96.2 cm³/mol. The van der Waals surface area contributed by atoms with Crippen molar-refractivity contribution in [1.29, 1.82) is 0 Å². The summed E-state index contributed by atoms with van der Waals surface area (Å²) in [6, 6.07) is 9.13. The fourth-order valence-corrected chi connectivity index (χ4v) is 3.95. The highest BCUT2D eigenvalue weighted by Gasteiger charge is 2.29. The van der Waals surface area contributed by atoms with Gasteiger partial charge in [-0.3, -0.25) is 0 Å². The quantitative estimate of drug-likeness (QED) is 0.836. The molecular weight excluding hydrogens is 312 g/mol. The Bertz CT molecular complexity index is 710. The zero-order chi connectivity index (χ0) is 16.6. The van der Waals surface area contributed by atoms with E-state index in [-0.39, 0.29) is 0 Å². The molecule has 1 aliphatic heterocycles. The topological polar surface area (TPSA) is 43.2 Å². The minimum Gasteiger partial charge on any atom is -0.490 e. The van der Waals surface area contributed by atoms with E-state index in [0.29, 0.717) is 12.0 Å². The molecule has 0 atom stereocenters. The van der Waals surface area contributed by atoms with Crippen LogP contribution in [0.1, 0.15) is 56.6 Å². The lowest BCUT2D eigenvalue weighted by Gasteiger charge is -2.41. The maximum absolute atomic E-state index is 6.21. The SMILES string of the molecule is c1cc(-n2cc(C3CC3)nn2)ccc1OC1CCN(C2CCC2)CC1. The van der Waals surface area contributed by atoms with Crippen LogP contribution in [0.25, 0.3) is 5.69 Å². The molecule has 1 saturated heterocycles. The molecule has 0 radical (unpaired) electrons. The predicted octanol–water partition coefficient (Wildman–Crippen LogP) is 3.54. The van der Waals surface area contributed by atoms with E-state index >= 15 is 0 Å². The van der Waals surface area contributed by atoms with E-state index in [0.717, 1.165) is 36.0 Å². The number of hydrogen-bond donors (Lipinski definition) is 0. The van der Waals surface area contributed by atoms with Gasteiger partial charge >= 0.3 is 0 Å². The minimum absolute atomic E-state index is 0.356. The molecule has 3 aliphatic rings. The third-order valence-corrected chi connectivity index (χ3v) is 5.98. The Morgan fingerprint density at radius 2 is 1.68 bits per heavy atom. The van der Waals surface area contributed by atoms with Gasteiger partial charge in [-0.15, -0.1) is 5.10 Å². The Kier molecular flexibility index (Phi) is 3.97. The Morgan fingerprint density at radius 3 is 2.32 bits per heavy atom. The molecule has 0 bridgehead atoms. The molecule has 2 saturated carbocycles. The molecule has 25 heavy (non-hydrogen) atoms. The van der Waals surface area contributed by atoms with Gasteiger partial charge in [-0.05, 0) is 62.8 Å². The number of rotatable bonds is 5. The summed E-state index contributed by atoms with van der Waals surface area (Å²) in [6.45, 7) is 2.38. The van der Waals surface area contributed by atoms with Crippen LogP contribution in [0.15, 0.2) is 30.5 Å². The summed E-state index contributed by atoms with van der Waals surface area (Å²) in [5.74, 6) is 1.61. The van der Waals surface area contributed by atoms with E-state index < -0.39 is 0 Å². The summed E-state index contributed by atoms with van der Waals surface area (Å²) in [4.78, 5) is 2.66. The van der Waals surface area contributed by atoms with Crippen LogP contribution >= 0.6 is 0 Å². The number of nitrogens with zero attached hydrogens (tertiary/aromatic N) is 4. The van der Waals surface area contributed by atoms with Crippen LogP contribution < -0.4 is 4.74 Å². The molecule has 3 fully saturated rings.